The maximum atomic E-state index is 11.6. The van der Waals surface area contributed by atoms with Gasteiger partial charge < -0.3 is 20.5 Å². The molecule has 0 unspecified atom stereocenters. The van der Waals surface area contributed by atoms with Crippen LogP contribution in [0, 0.1) is 0 Å². The molecule has 0 atom stereocenters. The van der Waals surface area contributed by atoms with Gasteiger partial charge in [-0.05, 0) is 18.0 Å². The van der Waals surface area contributed by atoms with Crippen LogP contribution in [0.25, 0.3) is 0 Å². The summed E-state index contributed by atoms with van der Waals surface area (Å²) in [5, 5.41) is 3.50. The molecule has 1 aromatic heterocycles. The number of sulfone groups is 1. The van der Waals surface area contributed by atoms with Crippen LogP contribution >= 0.6 is 11.5 Å². The molecule has 0 bridgehead atoms. The van der Waals surface area contributed by atoms with Crippen LogP contribution in [0.3, 0.4) is 0 Å². The Morgan fingerprint density at radius 2 is 2.11 bits per heavy atom. The zero-order valence-corrected chi connectivity index (χ0v) is 12.6. The van der Waals surface area contributed by atoms with Gasteiger partial charge in [-0.25, -0.2) is 8.42 Å². The fraction of sp³-hybridized carbons (Fsp3) is 0.700. The highest BCUT2D eigenvalue weighted by Gasteiger charge is 2.20. The number of hydrogen-bond acceptors (Lipinski definition) is 8. The molecule has 19 heavy (non-hydrogen) atoms. The number of methoxy groups -OCH3 is 1. The third-order valence-electron chi connectivity index (χ3n) is 2.23. The van der Waals surface area contributed by atoms with Gasteiger partial charge in [0.15, 0.2) is 15.7 Å². The molecular formula is C10H19N3O4S2. The Labute approximate surface area is 117 Å². The molecular weight excluding hydrogens is 290 g/mol. The third kappa shape index (κ3) is 5.31. The van der Waals surface area contributed by atoms with Crippen molar-refractivity contribution in [2.45, 2.75) is 11.3 Å². The monoisotopic (exact) mass is 309 g/mol. The Bertz CT molecular complexity index is 487. The first-order valence-corrected chi connectivity index (χ1v) is 8.39. The molecule has 7 nitrogen and oxygen atoms in total. The molecule has 0 amide bonds. The molecule has 1 aromatic rings. The standard InChI is InChI=1S/C10H19N3O4S2/c1-16-6-7-17-5-3-4-12-10-8(19(2,14)15)9(11)13-18-10/h12H,3-7H2,1-2H3,(H2,11,13). The van der Waals surface area contributed by atoms with E-state index in [1.807, 2.05) is 0 Å². The molecule has 0 radical (unpaired) electrons. The second-order valence-electron chi connectivity index (χ2n) is 3.88. The van der Waals surface area contributed by atoms with E-state index in [0.29, 0.717) is 31.4 Å². The quantitative estimate of drug-likeness (QED) is 0.643. The number of nitrogens with two attached hydrogens (primary N) is 1. The number of rotatable bonds is 9. The van der Waals surface area contributed by atoms with Crippen LogP contribution in [0.2, 0.25) is 0 Å². The number of nitrogens with one attached hydrogen (secondary N) is 1. The highest BCUT2D eigenvalue weighted by Crippen LogP contribution is 2.31. The van der Waals surface area contributed by atoms with E-state index in [2.05, 4.69) is 9.69 Å². The molecule has 1 heterocycles. The van der Waals surface area contributed by atoms with Crippen molar-refractivity contribution in [1.82, 2.24) is 4.37 Å². The number of hydrogen-bond donors (Lipinski definition) is 2. The smallest absolute Gasteiger partial charge is 0.182 e. The van der Waals surface area contributed by atoms with E-state index in [4.69, 9.17) is 15.2 Å². The summed E-state index contributed by atoms with van der Waals surface area (Å²) in [6, 6.07) is 0. The van der Waals surface area contributed by atoms with E-state index in [-0.39, 0.29) is 10.7 Å². The van der Waals surface area contributed by atoms with Gasteiger partial charge in [-0.1, -0.05) is 0 Å². The minimum absolute atomic E-state index is 0.0475. The lowest BCUT2D eigenvalue weighted by molar-refractivity contribution is 0.0705. The van der Waals surface area contributed by atoms with Crippen molar-refractivity contribution in [2.75, 3.05) is 50.8 Å². The zero-order valence-electron chi connectivity index (χ0n) is 11.0. The number of anilines is 2. The van der Waals surface area contributed by atoms with Crippen molar-refractivity contribution in [2.24, 2.45) is 0 Å². The predicted molar refractivity (Wildman–Crippen MR) is 75.4 cm³/mol. The topological polar surface area (TPSA) is 104 Å². The number of nitrogen functional groups attached to an aromatic ring is 1. The molecule has 1 rings (SSSR count). The minimum Gasteiger partial charge on any atom is -0.382 e. The average molecular weight is 309 g/mol. The Kier molecular flexibility index (Phi) is 6.49. The SMILES string of the molecule is COCCOCCCNc1snc(N)c1S(C)(=O)=O. The Hall–Kier alpha value is -0.900. The van der Waals surface area contributed by atoms with Crippen LogP contribution in [-0.4, -0.2) is 52.5 Å². The lowest BCUT2D eigenvalue weighted by Gasteiger charge is -2.06. The summed E-state index contributed by atoms with van der Waals surface area (Å²) in [7, 11) is -1.75. The van der Waals surface area contributed by atoms with Gasteiger partial charge in [-0.3, -0.25) is 0 Å². The first-order valence-electron chi connectivity index (χ1n) is 5.72. The second-order valence-corrected chi connectivity index (χ2v) is 6.61. The largest absolute Gasteiger partial charge is 0.382 e. The van der Waals surface area contributed by atoms with Crippen molar-refractivity contribution in [1.29, 1.82) is 0 Å². The summed E-state index contributed by atoms with van der Waals surface area (Å²) in [4.78, 5) is 0.0813. The van der Waals surface area contributed by atoms with E-state index in [1.165, 1.54) is 0 Å². The van der Waals surface area contributed by atoms with Crippen molar-refractivity contribution in [3.8, 4) is 0 Å². The molecule has 3 N–H and O–H groups in total. The lowest BCUT2D eigenvalue weighted by Crippen LogP contribution is -2.10. The number of nitrogens with zero attached hydrogens (tertiary/aromatic N) is 1. The summed E-state index contributed by atoms with van der Waals surface area (Å²) in [6.45, 7) is 2.30. The number of aromatic nitrogens is 1. The minimum atomic E-state index is -3.36. The van der Waals surface area contributed by atoms with E-state index >= 15 is 0 Å². The van der Waals surface area contributed by atoms with Gasteiger partial charge in [-0.15, -0.1) is 0 Å². The molecule has 0 aromatic carbocycles. The molecule has 0 aliphatic heterocycles. The van der Waals surface area contributed by atoms with E-state index < -0.39 is 9.84 Å². The molecule has 0 aliphatic carbocycles. The van der Waals surface area contributed by atoms with Crippen molar-refractivity contribution in [3.05, 3.63) is 0 Å². The van der Waals surface area contributed by atoms with Crippen LogP contribution in [0.1, 0.15) is 6.42 Å². The highest BCUT2D eigenvalue weighted by molar-refractivity contribution is 7.91. The zero-order chi connectivity index (χ0) is 14.3. The summed E-state index contributed by atoms with van der Waals surface area (Å²) in [5.74, 6) is 0.0475. The average Bonchev–Trinajstić information content (AvgIpc) is 2.69. The van der Waals surface area contributed by atoms with Gasteiger partial charge in [0, 0.05) is 26.5 Å². The summed E-state index contributed by atoms with van der Waals surface area (Å²) in [5.41, 5.74) is 5.55. The molecule has 0 fully saturated rings. The first-order chi connectivity index (χ1) is 8.96. The van der Waals surface area contributed by atoms with E-state index in [1.54, 1.807) is 7.11 Å². The lowest BCUT2D eigenvalue weighted by atomic mass is 10.4. The third-order valence-corrected chi connectivity index (χ3v) is 4.33. The van der Waals surface area contributed by atoms with Crippen LogP contribution in [0.4, 0.5) is 10.8 Å². The van der Waals surface area contributed by atoms with Crippen LogP contribution in [-0.2, 0) is 19.3 Å². The van der Waals surface area contributed by atoms with Crippen LogP contribution in [0.5, 0.6) is 0 Å². The Morgan fingerprint density at radius 3 is 2.74 bits per heavy atom. The van der Waals surface area contributed by atoms with Crippen molar-refractivity contribution < 1.29 is 17.9 Å². The summed E-state index contributed by atoms with van der Waals surface area (Å²) < 4.78 is 37.1. The van der Waals surface area contributed by atoms with Crippen LogP contribution in [0.15, 0.2) is 4.90 Å². The maximum Gasteiger partial charge on any atom is 0.182 e. The van der Waals surface area contributed by atoms with Gasteiger partial charge in [-0.2, -0.15) is 4.37 Å². The van der Waals surface area contributed by atoms with Gasteiger partial charge >= 0.3 is 0 Å². The fourth-order valence-corrected chi connectivity index (χ4v) is 3.48. The van der Waals surface area contributed by atoms with Gasteiger partial charge in [0.25, 0.3) is 0 Å². The van der Waals surface area contributed by atoms with E-state index in [9.17, 15) is 8.42 Å². The van der Waals surface area contributed by atoms with E-state index in [0.717, 1.165) is 24.2 Å². The fourth-order valence-electron chi connectivity index (χ4n) is 1.39. The molecule has 0 aliphatic rings. The molecule has 110 valence electrons. The molecule has 0 spiro atoms. The maximum absolute atomic E-state index is 11.6. The summed E-state index contributed by atoms with van der Waals surface area (Å²) in [6.07, 6.45) is 1.87. The van der Waals surface area contributed by atoms with Gasteiger partial charge in [0.05, 0.1) is 13.2 Å². The summed E-state index contributed by atoms with van der Waals surface area (Å²) >= 11 is 1.05. The first kappa shape index (κ1) is 16.2. The van der Waals surface area contributed by atoms with Crippen LogP contribution < -0.4 is 11.1 Å². The van der Waals surface area contributed by atoms with Gasteiger partial charge in [0.2, 0.25) is 0 Å². The molecule has 0 saturated carbocycles. The second kappa shape index (κ2) is 7.63. The van der Waals surface area contributed by atoms with Crippen molar-refractivity contribution in [3.63, 3.8) is 0 Å². The Morgan fingerprint density at radius 1 is 1.37 bits per heavy atom. The highest BCUT2D eigenvalue weighted by atomic mass is 32.2. The molecule has 9 heteroatoms. The van der Waals surface area contributed by atoms with Gasteiger partial charge in [0.1, 0.15) is 9.90 Å². The Balaban J connectivity index is 2.38. The van der Waals surface area contributed by atoms with Crippen molar-refractivity contribution >= 4 is 32.2 Å². The number of ether oxygens (including phenoxy) is 2. The normalized spacial score (nSPS) is 11.7. The molecule has 0 saturated heterocycles. The predicted octanol–water partition coefficient (Wildman–Crippen LogP) is 0.594.